The van der Waals surface area contributed by atoms with E-state index in [4.69, 9.17) is 4.42 Å². The summed E-state index contributed by atoms with van der Waals surface area (Å²) < 4.78 is 9.81. The standard InChI is InChI=1S/C12H19NO4/c1-4-12(2,8-14)13-6-10-5-9(7-17-10)11(15)16-3/h5,7,13-14H,4,6,8H2,1-3H3. The smallest absolute Gasteiger partial charge is 0.341 e. The number of hydrogen-bond donors (Lipinski definition) is 2. The number of furan rings is 1. The summed E-state index contributed by atoms with van der Waals surface area (Å²) in [6.07, 6.45) is 2.17. The van der Waals surface area contributed by atoms with E-state index < -0.39 is 5.97 Å². The Bertz CT molecular complexity index is 368. The zero-order chi connectivity index (χ0) is 12.9. The zero-order valence-electron chi connectivity index (χ0n) is 10.4. The van der Waals surface area contributed by atoms with Gasteiger partial charge in [0.25, 0.3) is 0 Å². The molecule has 17 heavy (non-hydrogen) atoms. The van der Waals surface area contributed by atoms with E-state index in [9.17, 15) is 9.90 Å². The maximum atomic E-state index is 11.2. The Morgan fingerprint density at radius 3 is 2.88 bits per heavy atom. The minimum Gasteiger partial charge on any atom is -0.467 e. The molecule has 1 aromatic rings. The van der Waals surface area contributed by atoms with E-state index in [2.05, 4.69) is 10.1 Å². The predicted octanol–water partition coefficient (Wildman–Crippen LogP) is 1.32. The van der Waals surface area contributed by atoms with E-state index >= 15 is 0 Å². The van der Waals surface area contributed by atoms with E-state index in [1.807, 2.05) is 13.8 Å². The molecule has 0 spiro atoms. The van der Waals surface area contributed by atoms with Gasteiger partial charge in [0.2, 0.25) is 0 Å². The zero-order valence-corrected chi connectivity index (χ0v) is 10.4. The van der Waals surface area contributed by atoms with Crippen LogP contribution in [0.4, 0.5) is 0 Å². The van der Waals surface area contributed by atoms with Gasteiger partial charge in [-0.15, -0.1) is 0 Å². The molecule has 1 unspecified atom stereocenters. The Balaban J connectivity index is 2.58. The van der Waals surface area contributed by atoms with Gasteiger partial charge < -0.3 is 19.6 Å². The number of carbonyl (C=O) groups excluding carboxylic acids is 1. The highest BCUT2D eigenvalue weighted by Crippen LogP contribution is 2.12. The maximum absolute atomic E-state index is 11.2. The minimum atomic E-state index is -0.416. The molecule has 0 saturated heterocycles. The molecule has 0 bridgehead atoms. The Morgan fingerprint density at radius 2 is 2.35 bits per heavy atom. The number of carbonyl (C=O) groups is 1. The molecule has 5 nitrogen and oxygen atoms in total. The highest BCUT2D eigenvalue weighted by atomic mass is 16.5. The normalized spacial score (nSPS) is 14.4. The highest BCUT2D eigenvalue weighted by Gasteiger charge is 2.20. The summed E-state index contributed by atoms with van der Waals surface area (Å²) in [5.41, 5.74) is 0.0598. The van der Waals surface area contributed by atoms with Crippen LogP contribution in [0.2, 0.25) is 0 Å². The van der Waals surface area contributed by atoms with Crippen molar-refractivity contribution in [3.8, 4) is 0 Å². The van der Waals surface area contributed by atoms with E-state index in [0.29, 0.717) is 17.9 Å². The maximum Gasteiger partial charge on any atom is 0.341 e. The lowest BCUT2D eigenvalue weighted by molar-refractivity contribution is 0.0600. The van der Waals surface area contributed by atoms with Gasteiger partial charge in [0, 0.05) is 5.54 Å². The van der Waals surface area contributed by atoms with E-state index in [-0.39, 0.29) is 12.1 Å². The molecule has 0 aliphatic heterocycles. The third kappa shape index (κ3) is 3.57. The molecule has 0 amide bonds. The molecule has 0 aliphatic carbocycles. The summed E-state index contributed by atoms with van der Waals surface area (Å²) >= 11 is 0. The lowest BCUT2D eigenvalue weighted by Crippen LogP contribution is -2.44. The molecule has 0 saturated carbocycles. The van der Waals surface area contributed by atoms with Gasteiger partial charge in [0.05, 0.1) is 25.8 Å². The first-order valence-corrected chi connectivity index (χ1v) is 5.56. The van der Waals surface area contributed by atoms with Gasteiger partial charge in [-0.25, -0.2) is 4.79 Å². The van der Waals surface area contributed by atoms with E-state index in [1.165, 1.54) is 13.4 Å². The van der Waals surface area contributed by atoms with Crippen molar-refractivity contribution in [3.05, 3.63) is 23.7 Å². The van der Waals surface area contributed by atoms with Crippen LogP contribution >= 0.6 is 0 Å². The fourth-order valence-corrected chi connectivity index (χ4v) is 1.29. The predicted molar refractivity (Wildman–Crippen MR) is 62.7 cm³/mol. The Hall–Kier alpha value is -1.33. The first-order valence-electron chi connectivity index (χ1n) is 5.56. The number of nitrogens with one attached hydrogen (secondary N) is 1. The molecular formula is C12H19NO4. The summed E-state index contributed by atoms with van der Waals surface area (Å²) in [4.78, 5) is 11.2. The number of methoxy groups -OCH3 is 1. The number of esters is 1. The van der Waals surface area contributed by atoms with Crippen molar-refractivity contribution in [2.45, 2.75) is 32.4 Å². The van der Waals surface area contributed by atoms with E-state index in [0.717, 1.165) is 6.42 Å². The lowest BCUT2D eigenvalue weighted by Gasteiger charge is -2.26. The SMILES string of the molecule is CCC(C)(CO)NCc1cc(C(=O)OC)co1. The summed E-state index contributed by atoms with van der Waals surface area (Å²) in [7, 11) is 1.33. The second-order valence-corrected chi connectivity index (χ2v) is 4.22. The third-order valence-electron chi connectivity index (χ3n) is 2.89. The van der Waals surface area contributed by atoms with Crippen molar-refractivity contribution in [1.82, 2.24) is 5.32 Å². The second kappa shape index (κ2) is 5.84. The first-order chi connectivity index (χ1) is 8.04. The van der Waals surface area contributed by atoms with Crippen LogP contribution in [0.3, 0.4) is 0 Å². The number of rotatable bonds is 6. The molecule has 0 radical (unpaired) electrons. The fraction of sp³-hybridized carbons (Fsp3) is 0.583. The van der Waals surface area contributed by atoms with Crippen LogP contribution in [0, 0.1) is 0 Å². The van der Waals surface area contributed by atoms with Crippen molar-refractivity contribution in [3.63, 3.8) is 0 Å². The molecule has 0 aromatic carbocycles. The number of aliphatic hydroxyl groups excluding tert-OH is 1. The average molecular weight is 241 g/mol. The van der Waals surface area contributed by atoms with Gasteiger partial charge in [-0.05, 0) is 19.4 Å². The lowest BCUT2D eigenvalue weighted by atomic mass is 10.0. The van der Waals surface area contributed by atoms with Crippen molar-refractivity contribution < 1.29 is 19.1 Å². The molecule has 0 fully saturated rings. The van der Waals surface area contributed by atoms with Crippen LogP contribution < -0.4 is 5.32 Å². The summed E-state index contributed by atoms with van der Waals surface area (Å²) in [5, 5.41) is 12.4. The molecule has 96 valence electrons. The van der Waals surface area contributed by atoms with Crippen LogP contribution in [0.1, 0.15) is 36.4 Å². The molecule has 2 N–H and O–H groups in total. The minimum absolute atomic E-state index is 0.0497. The van der Waals surface area contributed by atoms with Gasteiger partial charge in [-0.2, -0.15) is 0 Å². The summed E-state index contributed by atoms with van der Waals surface area (Å²) in [5.74, 6) is 0.221. The summed E-state index contributed by atoms with van der Waals surface area (Å²) in [6, 6.07) is 1.63. The Labute approximate surface area is 101 Å². The van der Waals surface area contributed by atoms with Gasteiger partial charge in [-0.1, -0.05) is 6.92 Å². The number of hydrogen-bond acceptors (Lipinski definition) is 5. The monoisotopic (exact) mass is 241 g/mol. The number of ether oxygens (including phenoxy) is 1. The molecule has 1 aromatic heterocycles. The summed E-state index contributed by atoms with van der Waals surface area (Å²) in [6.45, 7) is 4.43. The van der Waals surface area contributed by atoms with Crippen LogP contribution in [-0.2, 0) is 11.3 Å². The van der Waals surface area contributed by atoms with Crippen molar-refractivity contribution >= 4 is 5.97 Å². The van der Waals surface area contributed by atoms with Crippen molar-refractivity contribution in [2.24, 2.45) is 0 Å². The van der Waals surface area contributed by atoms with Crippen LogP contribution in [0.15, 0.2) is 16.7 Å². The molecule has 0 aliphatic rings. The number of aliphatic hydroxyl groups is 1. The highest BCUT2D eigenvalue weighted by molar-refractivity contribution is 5.88. The first kappa shape index (κ1) is 13.7. The topological polar surface area (TPSA) is 71.7 Å². The second-order valence-electron chi connectivity index (χ2n) is 4.22. The van der Waals surface area contributed by atoms with Crippen LogP contribution in [0.25, 0.3) is 0 Å². The largest absolute Gasteiger partial charge is 0.467 e. The average Bonchev–Trinajstić information content (AvgIpc) is 2.84. The molecule has 1 rings (SSSR count). The van der Waals surface area contributed by atoms with Crippen molar-refractivity contribution in [1.29, 1.82) is 0 Å². The van der Waals surface area contributed by atoms with Crippen LogP contribution in [0.5, 0.6) is 0 Å². The molecule has 5 heteroatoms. The van der Waals surface area contributed by atoms with Gasteiger partial charge >= 0.3 is 5.97 Å². The van der Waals surface area contributed by atoms with E-state index in [1.54, 1.807) is 6.07 Å². The Kier molecular flexibility index (Phi) is 4.72. The molecule has 1 atom stereocenters. The van der Waals surface area contributed by atoms with Gasteiger partial charge in [0.1, 0.15) is 12.0 Å². The third-order valence-corrected chi connectivity index (χ3v) is 2.89. The van der Waals surface area contributed by atoms with Crippen molar-refractivity contribution in [2.75, 3.05) is 13.7 Å². The molecule has 1 heterocycles. The van der Waals surface area contributed by atoms with Gasteiger partial charge in [0.15, 0.2) is 0 Å². The van der Waals surface area contributed by atoms with Crippen LogP contribution in [-0.4, -0.2) is 30.3 Å². The fourth-order valence-electron chi connectivity index (χ4n) is 1.29. The Morgan fingerprint density at radius 1 is 1.65 bits per heavy atom. The molecular weight excluding hydrogens is 222 g/mol. The van der Waals surface area contributed by atoms with Gasteiger partial charge in [-0.3, -0.25) is 0 Å². The quantitative estimate of drug-likeness (QED) is 0.735.